The van der Waals surface area contributed by atoms with E-state index in [0.29, 0.717) is 17.5 Å². The average Bonchev–Trinajstić information content (AvgIpc) is 2.98. The maximum Gasteiger partial charge on any atom is 0.240 e. The molecular weight excluding hydrogens is 230 g/mol. The van der Waals surface area contributed by atoms with E-state index in [1.165, 1.54) is 0 Å². The molecule has 0 unspecified atom stereocenters. The van der Waals surface area contributed by atoms with E-state index in [9.17, 15) is 0 Å². The van der Waals surface area contributed by atoms with Crippen molar-refractivity contribution in [2.45, 2.75) is 38.1 Å². The molecule has 0 aromatic carbocycles. The number of aryl methyl sites for hydroxylation is 1. The molecule has 0 spiro atoms. The molecule has 1 saturated carbocycles. The average molecular weight is 245 g/mol. The van der Waals surface area contributed by atoms with Gasteiger partial charge < -0.3 is 10.3 Å². The van der Waals surface area contributed by atoms with Gasteiger partial charge in [-0.2, -0.15) is 4.98 Å². The third-order valence-corrected chi connectivity index (χ3v) is 3.25. The number of nitrogens with zero attached hydrogens (tertiary/aromatic N) is 4. The smallest absolute Gasteiger partial charge is 0.240 e. The topological polar surface area (TPSA) is 90.7 Å². The van der Waals surface area contributed by atoms with Crippen LogP contribution in [0, 0.1) is 6.92 Å². The van der Waals surface area contributed by atoms with Gasteiger partial charge in [-0.1, -0.05) is 5.16 Å². The van der Waals surface area contributed by atoms with E-state index >= 15 is 0 Å². The van der Waals surface area contributed by atoms with Crippen molar-refractivity contribution < 1.29 is 4.52 Å². The van der Waals surface area contributed by atoms with Crippen molar-refractivity contribution >= 4 is 0 Å². The van der Waals surface area contributed by atoms with Gasteiger partial charge in [0.15, 0.2) is 0 Å². The summed E-state index contributed by atoms with van der Waals surface area (Å²) < 4.78 is 5.28. The second-order valence-corrected chi connectivity index (χ2v) is 4.81. The Morgan fingerprint density at radius 1 is 1.22 bits per heavy atom. The van der Waals surface area contributed by atoms with E-state index in [1.54, 1.807) is 12.4 Å². The second kappa shape index (κ2) is 4.45. The first-order valence-corrected chi connectivity index (χ1v) is 6.10. The Balaban J connectivity index is 1.83. The second-order valence-electron chi connectivity index (χ2n) is 4.81. The molecule has 6 nitrogen and oxygen atoms in total. The summed E-state index contributed by atoms with van der Waals surface area (Å²) in [6.07, 6.45) is 6.42. The standard InChI is InChI=1S/C12H15N5O/c1-7-5-14-10(15-6-7)11-16-12(18-17-11)8-2-3-9(13)4-8/h5-6,8-9H,2-4,13H2,1H3/t8-,9+/m1/s1. The summed E-state index contributed by atoms with van der Waals surface area (Å²) in [4.78, 5) is 12.7. The van der Waals surface area contributed by atoms with Crippen LogP contribution < -0.4 is 5.73 Å². The van der Waals surface area contributed by atoms with Gasteiger partial charge in [0.1, 0.15) is 0 Å². The zero-order chi connectivity index (χ0) is 12.5. The van der Waals surface area contributed by atoms with Gasteiger partial charge in [0, 0.05) is 24.4 Å². The summed E-state index contributed by atoms with van der Waals surface area (Å²) >= 11 is 0. The Labute approximate surface area is 105 Å². The molecule has 2 heterocycles. The predicted octanol–water partition coefficient (Wildman–Crippen LogP) is 1.43. The molecule has 18 heavy (non-hydrogen) atoms. The van der Waals surface area contributed by atoms with E-state index in [2.05, 4.69) is 20.1 Å². The molecule has 0 aliphatic heterocycles. The summed E-state index contributed by atoms with van der Waals surface area (Å²) in [5, 5.41) is 3.93. The normalized spacial score (nSPS) is 23.4. The lowest BCUT2D eigenvalue weighted by atomic mass is 10.1. The molecule has 1 aliphatic rings. The van der Waals surface area contributed by atoms with E-state index in [1.807, 2.05) is 6.92 Å². The Hall–Kier alpha value is -1.82. The summed E-state index contributed by atoms with van der Waals surface area (Å²) in [7, 11) is 0. The highest BCUT2D eigenvalue weighted by molar-refractivity contribution is 5.41. The van der Waals surface area contributed by atoms with Crippen LogP contribution in [0.15, 0.2) is 16.9 Å². The lowest BCUT2D eigenvalue weighted by Gasteiger charge is -2.01. The quantitative estimate of drug-likeness (QED) is 0.860. The molecule has 2 atom stereocenters. The number of rotatable bonds is 2. The molecule has 94 valence electrons. The van der Waals surface area contributed by atoms with Crippen molar-refractivity contribution in [2.24, 2.45) is 5.73 Å². The van der Waals surface area contributed by atoms with Crippen LogP contribution in [-0.2, 0) is 0 Å². The first-order valence-electron chi connectivity index (χ1n) is 6.10. The maximum atomic E-state index is 5.88. The van der Waals surface area contributed by atoms with Crippen molar-refractivity contribution in [1.29, 1.82) is 0 Å². The van der Waals surface area contributed by atoms with Crippen molar-refractivity contribution in [2.75, 3.05) is 0 Å². The minimum Gasteiger partial charge on any atom is -0.339 e. The molecule has 0 bridgehead atoms. The molecule has 2 aromatic heterocycles. The molecule has 0 saturated heterocycles. The van der Waals surface area contributed by atoms with Gasteiger partial charge in [0.2, 0.25) is 17.5 Å². The van der Waals surface area contributed by atoms with E-state index in [0.717, 1.165) is 24.8 Å². The lowest BCUT2D eigenvalue weighted by Crippen LogP contribution is -2.14. The highest BCUT2D eigenvalue weighted by Crippen LogP contribution is 2.32. The van der Waals surface area contributed by atoms with Gasteiger partial charge in [0.05, 0.1) is 0 Å². The first kappa shape index (κ1) is 11.3. The fourth-order valence-corrected chi connectivity index (χ4v) is 2.24. The zero-order valence-electron chi connectivity index (χ0n) is 10.2. The Morgan fingerprint density at radius 3 is 2.67 bits per heavy atom. The number of hydrogen-bond donors (Lipinski definition) is 1. The largest absolute Gasteiger partial charge is 0.339 e. The summed E-state index contributed by atoms with van der Waals surface area (Å²) in [6.45, 7) is 1.94. The molecule has 2 N–H and O–H groups in total. The van der Waals surface area contributed by atoms with Gasteiger partial charge in [0.25, 0.3) is 0 Å². The van der Waals surface area contributed by atoms with Crippen LogP contribution in [0.25, 0.3) is 11.6 Å². The lowest BCUT2D eigenvalue weighted by molar-refractivity contribution is 0.353. The van der Waals surface area contributed by atoms with Crippen LogP contribution in [-0.4, -0.2) is 26.2 Å². The Kier molecular flexibility index (Phi) is 2.79. The molecule has 1 aliphatic carbocycles. The first-order chi connectivity index (χ1) is 8.72. The van der Waals surface area contributed by atoms with Crippen LogP contribution in [0.3, 0.4) is 0 Å². The van der Waals surface area contributed by atoms with Crippen molar-refractivity contribution in [3.63, 3.8) is 0 Å². The molecule has 1 fully saturated rings. The SMILES string of the molecule is Cc1cnc(-c2noc([C@@H]3CC[C@H](N)C3)n2)nc1. The predicted molar refractivity (Wildman–Crippen MR) is 64.6 cm³/mol. The van der Waals surface area contributed by atoms with Gasteiger partial charge in [-0.3, -0.25) is 0 Å². The number of aromatic nitrogens is 4. The van der Waals surface area contributed by atoms with Crippen LogP contribution in [0.1, 0.15) is 36.6 Å². The Bertz CT molecular complexity index is 536. The van der Waals surface area contributed by atoms with Crippen LogP contribution in [0.4, 0.5) is 0 Å². The minimum absolute atomic E-state index is 0.251. The molecule has 6 heteroatoms. The van der Waals surface area contributed by atoms with E-state index in [4.69, 9.17) is 10.3 Å². The summed E-state index contributed by atoms with van der Waals surface area (Å²) in [5.41, 5.74) is 6.89. The van der Waals surface area contributed by atoms with Gasteiger partial charge in [-0.15, -0.1) is 0 Å². The van der Waals surface area contributed by atoms with E-state index < -0.39 is 0 Å². The minimum atomic E-state index is 0.251. The molecular formula is C12H15N5O. The van der Waals surface area contributed by atoms with Crippen molar-refractivity contribution in [3.8, 4) is 11.6 Å². The number of hydrogen-bond acceptors (Lipinski definition) is 6. The highest BCUT2D eigenvalue weighted by atomic mass is 16.5. The summed E-state index contributed by atoms with van der Waals surface area (Å²) in [6, 6.07) is 0.251. The van der Waals surface area contributed by atoms with Crippen molar-refractivity contribution in [1.82, 2.24) is 20.1 Å². The molecule has 3 rings (SSSR count). The monoisotopic (exact) mass is 245 g/mol. The van der Waals surface area contributed by atoms with Crippen molar-refractivity contribution in [3.05, 3.63) is 23.8 Å². The maximum absolute atomic E-state index is 5.88. The third-order valence-electron chi connectivity index (χ3n) is 3.25. The fraction of sp³-hybridized carbons (Fsp3) is 0.500. The van der Waals surface area contributed by atoms with Gasteiger partial charge in [-0.25, -0.2) is 9.97 Å². The molecule has 0 amide bonds. The molecule has 0 radical (unpaired) electrons. The summed E-state index contributed by atoms with van der Waals surface area (Å²) in [5.74, 6) is 1.89. The third kappa shape index (κ3) is 2.11. The van der Waals surface area contributed by atoms with Crippen LogP contribution >= 0.6 is 0 Å². The fourth-order valence-electron chi connectivity index (χ4n) is 2.24. The molecule has 2 aromatic rings. The zero-order valence-corrected chi connectivity index (χ0v) is 10.2. The highest BCUT2D eigenvalue weighted by Gasteiger charge is 2.28. The van der Waals surface area contributed by atoms with Crippen LogP contribution in [0.5, 0.6) is 0 Å². The van der Waals surface area contributed by atoms with E-state index in [-0.39, 0.29) is 12.0 Å². The van der Waals surface area contributed by atoms with Crippen LogP contribution in [0.2, 0.25) is 0 Å². The Morgan fingerprint density at radius 2 is 2.00 bits per heavy atom. The number of nitrogens with two attached hydrogens (primary N) is 1. The van der Waals surface area contributed by atoms with Gasteiger partial charge in [-0.05, 0) is 31.7 Å². The van der Waals surface area contributed by atoms with Gasteiger partial charge >= 0.3 is 0 Å².